The van der Waals surface area contributed by atoms with E-state index in [2.05, 4.69) is 24.2 Å². The van der Waals surface area contributed by atoms with E-state index in [-0.39, 0.29) is 0 Å². The Hall–Kier alpha value is -0.790. The first-order valence-corrected chi connectivity index (χ1v) is 4.57. The first-order chi connectivity index (χ1) is 5.81. The van der Waals surface area contributed by atoms with Crippen LogP contribution in [0.4, 0.5) is 0 Å². The van der Waals surface area contributed by atoms with Crippen LogP contribution in [-0.4, -0.2) is 12.8 Å². The lowest BCUT2D eigenvalue weighted by molar-refractivity contribution is 0.210. The van der Waals surface area contributed by atoms with Crippen molar-refractivity contribution in [2.75, 3.05) is 7.11 Å². The molecule has 0 heterocycles. The predicted molar refractivity (Wildman–Crippen MR) is 49.0 cm³/mol. The van der Waals surface area contributed by atoms with E-state index in [1.54, 1.807) is 7.11 Å². The lowest BCUT2D eigenvalue weighted by atomic mass is 9.90. The molecule has 0 aromatic carbocycles. The second-order valence-electron chi connectivity index (χ2n) is 3.80. The highest BCUT2D eigenvalue weighted by Crippen LogP contribution is 2.43. The average Bonchev–Trinajstić information content (AvgIpc) is 2.64. The summed E-state index contributed by atoms with van der Waals surface area (Å²) >= 11 is 0. The largest absolute Gasteiger partial charge is 0.399 e. The van der Waals surface area contributed by atoms with Crippen molar-refractivity contribution in [1.82, 2.24) is 0 Å². The lowest BCUT2D eigenvalue weighted by Crippen LogP contribution is -2.16. The van der Waals surface area contributed by atoms with Gasteiger partial charge in [-0.15, -0.1) is 0 Å². The number of hydrogen-bond acceptors (Lipinski definition) is 2. The Morgan fingerprint density at radius 3 is 2.75 bits per heavy atom. The van der Waals surface area contributed by atoms with E-state index in [1.165, 1.54) is 12.8 Å². The summed E-state index contributed by atoms with van der Waals surface area (Å²) in [5, 5.41) is 4.01. The Balaban J connectivity index is 2.07. The fraction of sp³-hybridized carbons (Fsp3) is 0.700. The molecule has 66 valence electrons. The van der Waals surface area contributed by atoms with Gasteiger partial charge in [-0.3, -0.25) is 0 Å². The van der Waals surface area contributed by atoms with Crippen LogP contribution in [0.5, 0.6) is 0 Å². The van der Waals surface area contributed by atoms with Gasteiger partial charge in [0.25, 0.3) is 0 Å². The number of rotatable bonds is 2. The molecule has 2 bridgehead atoms. The molecule has 1 saturated carbocycles. The van der Waals surface area contributed by atoms with Gasteiger partial charge in [-0.25, -0.2) is 0 Å². The van der Waals surface area contributed by atoms with E-state index >= 15 is 0 Å². The van der Waals surface area contributed by atoms with Gasteiger partial charge in [-0.1, -0.05) is 17.3 Å². The molecule has 2 rings (SSSR count). The van der Waals surface area contributed by atoms with Crippen molar-refractivity contribution in [2.24, 2.45) is 22.9 Å². The number of oxime groups is 1. The van der Waals surface area contributed by atoms with Crippen LogP contribution in [0.3, 0.4) is 0 Å². The summed E-state index contributed by atoms with van der Waals surface area (Å²) in [5.74, 6) is 2.22. The minimum absolute atomic E-state index is 0.653. The highest BCUT2D eigenvalue weighted by Gasteiger charge is 2.37. The molecule has 2 aliphatic carbocycles. The highest BCUT2D eigenvalue weighted by molar-refractivity contribution is 5.85. The molecule has 0 amide bonds. The lowest BCUT2D eigenvalue weighted by Gasteiger charge is -2.16. The maximum Gasteiger partial charge on any atom is 0.106 e. The van der Waals surface area contributed by atoms with E-state index in [0.717, 1.165) is 17.5 Å². The molecule has 2 nitrogen and oxygen atoms in total. The second-order valence-corrected chi connectivity index (χ2v) is 3.80. The van der Waals surface area contributed by atoms with Crippen LogP contribution in [0.15, 0.2) is 17.3 Å². The van der Waals surface area contributed by atoms with Crippen molar-refractivity contribution in [2.45, 2.75) is 19.8 Å². The topological polar surface area (TPSA) is 21.6 Å². The molecule has 0 aromatic rings. The average molecular weight is 165 g/mol. The Morgan fingerprint density at radius 2 is 2.25 bits per heavy atom. The smallest absolute Gasteiger partial charge is 0.106 e. The molecule has 0 aromatic heterocycles. The molecule has 2 aliphatic rings. The number of fused-ring (bicyclic) bond motifs is 2. The van der Waals surface area contributed by atoms with Crippen LogP contribution in [0.25, 0.3) is 0 Å². The van der Waals surface area contributed by atoms with Crippen molar-refractivity contribution in [3.05, 3.63) is 12.2 Å². The summed E-state index contributed by atoms with van der Waals surface area (Å²) in [7, 11) is 1.62. The maximum absolute atomic E-state index is 4.79. The number of nitrogens with zero attached hydrogens (tertiary/aromatic N) is 1. The minimum atomic E-state index is 0.653. The normalized spacial score (nSPS) is 39.2. The Labute approximate surface area is 73.3 Å². The van der Waals surface area contributed by atoms with Gasteiger partial charge in [0.1, 0.15) is 7.11 Å². The number of allylic oxidation sites excluding steroid dienone is 2. The molecule has 3 atom stereocenters. The van der Waals surface area contributed by atoms with Gasteiger partial charge in [-0.05, 0) is 31.6 Å². The summed E-state index contributed by atoms with van der Waals surface area (Å²) in [6, 6.07) is 0. The summed E-state index contributed by atoms with van der Waals surface area (Å²) in [5.41, 5.74) is 1.16. The van der Waals surface area contributed by atoms with Crippen molar-refractivity contribution >= 4 is 5.71 Å². The number of hydrogen-bond donors (Lipinski definition) is 0. The zero-order chi connectivity index (χ0) is 8.55. The molecule has 0 N–H and O–H groups in total. The van der Waals surface area contributed by atoms with Crippen molar-refractivity contribution in [1.29, 1.82) is 0 Å². The third-order valence-corrected chi connectivity index (χ3v) is 3.05. The predicted octanol–water partition coefficient (Wildman–Crippen LogP) is 2.22. The molecule has 0 spiro atoms. The summed E-state index contributed by atoms with van der Waals surface area (Å²) in [6.07, 6.45) is 7.30. The van der Waals surface area contributed by atoms with Crippen LogP contribution in [0.2, 0.25) is 0 Å². The summed E-state index contributed by atoms with van der Waals surface area (Å²) in [4.78, 5) is 4.79. The van der Waals surface area contributed by atoms with Gasteiger partial charge in [0, 0.05) is 5.92 Å². The van der Waals surface area contributed by atoms with Gasteiger partial charge in [-0.2, -0.15) is 0 Å². The van der Waals surface area contributed by atoms with Gasteiger partial charge in [0.15, 0.2) is 0 Å². The zero-order valence-corrected chi connectivity index (χ0v) is 7.66. The molecule has 0 radical (unpaired) electrons. The third kappa shape index (κ3) is 1.15. The Kier molecular flexibility index (Phi) is 1.91. The van der Waals surface area contributed by atoms with Crippen LogP contribution >= 0.6 is 0 Å². The molecule has 2 heteroatoms. The summed E-state index contributed by atoms with van der Waals surface area (Å²) < 4.78 is 0. The van der Waals surface area contributed by atoms with Gasteiger partial charge >= 0.3 is 0 Å². The first-order valence-electron chi connectivity index (χ1n) is 4.57. The van der Waals surface area contributed by atoms with E-state index in [0.29, 0.717) is 5.92 Å². The molecule has 12 heavy (non-hydrogen) atoms. The third-order valence-electron chi connectivity index (χ3n) is 3.05. The van der Waals surface area contributed by atoms with Gasteiger partial charge in [0.2, 0.25) is 0 Å². The van der Waals surface area contributed by atoms with E-state index < -0.39 is 0 Å². The SMILES string of the molecule is CO/N=C(/C)[C@@H]1C[C@@H]2C=C[C@H]1C2. The standard InChI is InChI=1S/C10H15NO/c1-7(11-12-2)10-6-8-3-4-9(10)5-8/h3-4,8-10H,5-6H2,1-2H3/b11-7-/t8-,9+,10+/m1/s1. The Bertz CT molecular complexity index is 232. The van der Waals surface area contributed by atoms with Crippen molar-refractivity contribution in [3.8, 4) is 0 Å². The van der Waals surface area contributed by atoms with E-state index in [4.69, 9.17) is 4.84 Å². The maximum atomic E-state index is 4.79. The van der Waals surface area contributed by atoms with Crippen molar-refractivity contribution < 1.29 is 4.84 Å². The molecule has 0 saturated heterocycles. The molecular formula is C10H15NO. The molecule has 0 unspecified atom stereocenters. The Morgan fingerprint density at radius 1 is 1.42 bits per heavy atom. The van der Waals surface area contributed by atoms with Crippen LogP contribution in [-0.2, 0) is 4.84 Å². The molecular weight excluding hydrogens is 150 g/mol. The van der Waals surface area contributed by atoms with Crippen LogP contribution in [0, 0.1) is 17.8 Å². The highest BCUT2D eigenvalue weighted by atomic mass is 16.6. The van der Waals surface area contributed by atoms with Crippen LogP contribution < -0.4 is 0 Å². The summed E-state index contributed by atoms with van der Waals surface area (Å²) in [6.45, 7) is 2.07. The van der Waals surface area contributed by atoms with Gasteiger partial charge in [0.05, 0.1) is 5.71 Å². The molecule has 0 aliphatic heterocycles. The first kappa shape index (κ1) is 7.84. The van der Waals surface area contributed by atoms with E-state index in [9.17, 15) is 0 Å². The minimum Gasteiger partial charge on any atom is -0.399 e. The second kappa shape index (κ2) is 2.92. The quantitative estimate of drug-likeness (QED) is 0.349. The van der Waals surface area contributed by atoms with Crippen LogP contribution in [0.1, 0.15) is 19.8 Å². The fourth-order valence-electron chi connectivity index (χ4n) is 2.47. The fourth-order valence-corrected chi connectivity index (χ4v) is 2.47. The van der Waals surface area contributed by atoms with E-state index in [1.807, 2.05) is 0 Å². The molecule has 1 fully saturated rings. The zero-order valence-electron chi connectivity index (χ0n) is 7.66. The van der Waals surface area contributed by atoms with Gasteiger partial charge < -0.3 is 4.84 Å². The monoisotopic (exact) mass is 165 g/mol. The van der Waals surface area contributed by atoms with Crippen molar-refractivity contribution in [3.63, 3.8) is 0 Å².